The number of H-pyrrole nitrogens is 1. The number of aromatic amines is 1. The van der Waals surface area contributed by atoms with Gasteiger partial charge in [-0.15, -0.1) is 0 Å². The van der Waals surface area contributed by atoms with Crippen molar-refractivity contribution in [3.05, 3.63) is 22.6 Å². The highest BCUT2D eigenvalue weighted by molar-refractivity contribution is 7.99. The molecule has 3 unspecified atom stereocenters. The van der Waals surface area contributed by atoms with Crippen LogP contribution < -0.4 is 10.9 Å². The lowest BCUT2D eigenvalue weighted by Gasteiger charge is -2.35. The summed E-state index contributed by atoms with van der Waals surface area (Å²) in [5.41, 5.74) is -0.0663. The Bertz CT molecular complexity index is 462. The van der Waals surface area contributed by atoms with Crippen LogP contribution in [0.3, 0.4) is 0 Å². The van der Waals surface area contributed by atoms with Gasteiger partial charge in [-0.1, -0.05) is 32.0 Å². The Hall–Kier alpha value is -0.810. The highest BCUT2D eigenvalue weighted by Gasteiger charge is 2.30. The van der Waals surface area contributed by atoms with E-state index in [9.17, 15) is 4.79 Å². The van der Waals surface area contributed by atoms with E-state index in [2.05, 4.69) is 29.1 Å². The normalized spacial score (nSPS) is 26.6. The molecule has 0 radical (unpaired) electrons. The molecule has 0 aliphatic heterocycles. The summed E-state index contributed by atoms with van der Waals surface area (Å²) in [4.78, 5) is 18.5. The first-order valence-electron chi connectivity index (χ1n) is 7.68. The monoisotopic (exact) mass is 295 g/mol. The van der Waals surface area contributed by atoms with Crippen molar-refractivity contribution < 1.29 is 0 Å². The van der Waals surface area contributed by atoms with Crippen molar-refractivity contribution in [1.29, 1.82) is 0 Å². The molecule has 1 aliphatic carbocycles. The van der Waals surface area contributed by atoms with E-state index in [1.54, 1.807) is 18.0 Å². The van der Waals surface area contributed by atoms with E-state index in [0.29, 0.717) is 11.3 Å². The maximum Gasteiger partial charge on any atom is 0.251 e. The smallest absolute Gasteiger partial charge is 0.251 e. The van der Waals surface area contributed by atoms with E-state index in [-0.39, 0.29) is 5.56 Å². The third-order valence-electron chi connectivity index (χ3n) is 4.05. The molecule has 2 N–H and O–H groups in total. The molecule has 4 nitrogen and oxygen atoms in total. The third-order valence-corrected chi connectivity index (χ3v) is 5.30. The van der Waals surface area contributed by atoms with Crippen molar-refractivity contribution in [2.24, 2.45) is 5.92 Å². The van der Waals surface area contributed by atoms with Gasteiger partial charge in [0, 0.05) is 23.6 Å². The molecule has 0 amide bonds. The van der Waals surface area contributed by atoms with Crippen molar-refractivity contribution >= 4 is 11.8 Å². The zero-order valence-electron chi connectivity index (χ0n) is 12.4. The molecule has 1 aliphatic rings. The summed E-state index contributed by atoms with van der Waals surface area (Å²) in [7, 11) is 0. The lowest BCUT2D eigenvalue weighted by atomic mass is 9.84. The summed E-state index contributed by atoms with van der Waals surface area (Å²) in [5, 5.41) is 4.92. The second-order valence-corrected chi connectivity index (χ2v) is 6.77. The van der Waals surface area contributed by atoms with Crippen molar-refractivity contribution in [3.8, 4) is 0 Å². The predicted octanol–water partition coefficient (Wildman–Crippen LogP) is 2.81. The number of rotatable bonds is 6. The van der Waals surface area contributed by atoms with Gasteiger partial charge in [0.25, 0.3) is 5.56 Å². The second-order valence-electron chi connectivity index (χ2n) is 5.54. The van der Waals surface area contributed by atoms with Crippen molar-refractivity contribution in [2.75, 3.05) is 6.54 Å². The highest BCUT2D eigenvalue weighted by Crippen LogP contribution is 2.36. The van der Waals surface area contributed by atoms with Crippen LogP contribution in [0.15, 0.2) is 22.2 Å². The maximum absolute atomic E-state index is 11.4. The van der Waals surface area contributed by atoms with Crippen LogP contribution >= 0.6 is 11.8 Å². The van der Waals surface area contributed by atoms with Crippen LogP contribution in [0.5, 0.6) is 0 Å². The Morgan fingerprint density at radius 1 is 1.45 bits per heavy atom. The van der Waals surface area contributed by atoms with Gasteiger partial charge in [-0.2, -0.15) is 0 Å². The molecule has 2 rings (SSSR count). The van der Waals surface area contributed by atoms with Crippen LogP contribution in [0.2, 0.25) is 0 Å². The third kappa shape index (κ3) is 4.35. The minimum absolute atomic E-state index is 0.0663. The van der Waals surface area contributed by atoms with Gasteiger partial charge in [-0.3, -0.25) is 4.79 Å². The summed E-state index contributed by atoms with van der Waals surface area (Å²) in [6.07, 6.45) is 7.75. The summed E-state index contributed by atoms with van der Waals surface area (Å²) in [6.45, 7) is 5.54. The summed E-state index contributed by atoms with van der Waals surface area (Å²) in [5.74, 6) is 0.808. The minimum Gasteiger partial charge on any atom is -0.313 e. The Kier molecular flexibility index (Phi) is 6.10. The van der Waals surface area contributed by atoms with Gasteiger partial charge in [-0.05, 0) is 38.1 Å². The van der Waals surface area contributed by atoms with E-state index >= 15 is 0 Å². The molecule has 5 heteroatoms. The minimum atomic E-state index is -0.0663. The van der Waals surface area contributed by atoms with E-state index in [1.165, 1.54) is 31.7 Å². The highest BCUT2D eigenvalue weighted by atomic mass is 32.2. The van der Waals surface area contributed by atoms with Crippen LogP contribution in [0.25, 0.3) is 0 Å². The average Bonchev–Trinajstić information content (AvgIpc) is 2.46. The van der Waals surface area contributed by atoms with Gasteiger partial charge < -0.3 is 10.3 Å². The Labute approximate surface area is 125 Å². The maximum atomic E-state index is 11.4. The van der Waals surface area contributed by atoms with E-state index in [4.69, 9.17) is 0 Å². The van der Waals surface area contributed by atoms with Gasteiger partial charge in [0.1, 0.15) is 0 Å². The molecule has 1 heterocycles. The van der Waals surface area contributed by atoms with Crippen LogP contribution in [0.4, 0.5) is 0 Å². The molecule has 1 saturated carbocycles. The SMILES string of the molecule is CCCNC1CCC(CC)CC1Sc1nccc(=O)[nH]1. The molecule has 1 fully saturated rings. The number of thioether (sulfide) groups is 1. The van der Waals surface area contributed by atoms with Crippen molar-refractivity contribution in [3.63, 3.8) is 0 Å². The first kappa shape index (κ1) is 15.6. The lowest BCUT2D eigenvalue weighted by molar-refractivity contribution is 0.295. The van der Waals surface area contributed by atoms with Gasteiger partial charge in [0.2, 0.25) is 0 Å². The Balaban J connectivity index is 2.04. The molecule has 112 valence electrons. The quantitative estimate of drug-likeness (QED) is 0.792. The van der Waals surface area contributed by atoms with Gasteiger partial charge in [0.05, 0.1) is 0 Å². The molecule has 0 saturated heterocycles. The lowest BCUT2D eigenvalue weighted by Crippen LogP contribution is -2.43. The van der Waals surface area contributed by atoms with Crippen LogP contribution in [-0.4, -0.2) is 27.8 Å². The second kappa shape index (κ2) is 7.84. The molecular weight excluding hydrogens is 270 g/mol. The Morgan fingerprint density at radius 2 is 2.30 bits per heavy atom. The van der Waals surface area contributed by atoms with Crippen molar-refractivity contribution in [2.45, 2.75) is 62.4 Å². The Morgan fingerprint density at radius 3 is 3.00 bits per heavy atom. The molecule has 1 aromatic heterocycles. The zero-order valence-corrected chi connectivity index (χ0v) is 13.2. The number of hydrogen-bond acceptors (Lipinski definition) is 4. The van der Waals surface area contributed by atoms with Crippen LogP contribution in [-0.2, 0) is 0 Å². The first-order chi connectivity index (χ1) is 9.72. The molecule has 0 bridgehead atoms. The standard InChI is InChI=1S/C15H25N3OS/c1-3-8-16-12-6-5-11(4-2)10-13(12)20-15-17-9-7-14(19)18-15/h7,9,11-13,16H,3-6,8,10H2,1-2H3,(H,17,18,19). The number of aromatic nitrogens is 2. The zero-order chi connectivity index (χ0) is 14.4. The van der Waals surface area contributed by atoms with Crippen LogP contribution in [0, 0.1) is 5.92 Å². The fourth-order valence-corrected chi connectivity index (χ4v) is 4.16. The van der Waals surface area contributed by atoms with E-state index < -0.39 is 0 Å². The topological polar surface area (TPSA) is 57.8 Å². The number of nitrogens with one attached hydrogen (secondary N) is 2. The molecule has 3 atom stereocenters. The molecule has 0 aromatic carbocycles. The molecular formula is C15H25N3OS. The average molecular weight is 295 g/mol. The van der Waals surface area contributed by atoms with Gasteiger partial charge in [0.15, 0.2) is 5.16 Å². The number of hydrogen-bond donors (Lipinski definition) is 2. The van der Waals surface area contributed by atoms with Crippen LogP contribution in [0.1, 0.15) is 46.0 Å². The first-order valence-corrected chi connectivity index (χ1v) is 8.56. The fourth-order valence-electron chi connectivity index (χ4n) is 2.83. The summed E-state index contributed by atoms with van der Waals surface area (Å²) in [6, 6.07) is 2.00. The van der Waals surface area contributed by atoms with E-state index in [1.807, 2.05) is 0 Å². The summed E-state index contributed by atoms with van der Waals surface area (Å²) < 4.78 is 0. The van der Waals surface area contributed by atoms with E-state index in [0.717, 1.165) is 24.0 Å². The summed E-state index contributed by atoms with van der Waals surface area (Å²) >= 11 is 1.73. The largest absolute Gasteiger partial charge is 0.313 e. The predicted molar refractivity (Wildman–Crippen MR) is 84.2 cm³/mol. The molecule has 0 spiro atoms. The fraction of sp³-hybridized carbons (Fsp3) is 0.733. The van der Waals surface area contributed by atoms with Gasteiger partial charge in [-0.25, -0.2) is 4.98 Å². The number of nitrogens with zero attached hydrogens (tertiary/aromatic N) is 1. The van der Waals surface area contributed by atoms with Gasteiger partial charge >= 0.3 is 0 Å². The molecule has 20 heavy (non-hydrogen) atoms. The van der Waals surface area contributed by atoms with Crippen molar-refractivity contribution in [1.82, 2.24) is 15.3 Å². The molecule has 1 aromatic rings.